The first-order valence-electron chi connectivity index (χ1n) is 5.84. The molecule has 0 unspecified atom stereocenters. The molecule has 1 aromatic heterocycles. The summed E-state index contributed by atoms with van der Waals surface area (Å²) in [6.07, 6.45) is 0. The summed E-state index contributed by atoms with van der Waals surface area (Å²) >= 11 is 9.58. The van der Waals surface area contributed by atoms with Gasteiger partial charge < -0.3 is 9.73 Å². The first-order chi connectivity index (χ1) is 8.56. The Hall–Kier alpha value is -0.770. The minimum atomic E-state index is 0.440. The average molecular weight is 329 g/mol. The lowest BCUT2D eigenvalue weighted by atomic mass is 10.2. The zero-order valence-corrected chi connectivity index (χ0v) is 12.7. The molecule has 0 bridgehead atoms. The summed E-state index contributed by atoms with van der Waals surface area (Å²) in [7, 11) is 0. The molecule has 0 saturated carbocycles. The molecule has 0 aliphatic carbocycles. The molecular weight excluding hydrogens is 314 g/mol. The van der Waals surface area contributed by atoms with Crippen molar-refractivity contribution in [1.29, 1.82) is 0 Å². The van der Waals surface area contributed by atoms with Crippen LogP contribution >= 0.6 is 27.5 Å². The Kier molecular flexibility index (Phi) is 4.49. The third kappa shape index (κ3) is 3.37. The molecule has 0 saturated heterocycles. The number of benzene rings is 1. The van der Waals surface area contributed by atoms with Crippen LogP contribution in [-0.2, 0) is 6.54 Å². The molecule has 0 amide bonds. The summed E-state index contributed by atoms with van der Waals surface area (Å²) in [4.78, 5) is 0. The third-order valence-electron chi connectivity index (χ3n) is 2.54. The van der Waals surface area contributed by atoms with Gasteiger partial charge >= 0.3 is 0 Å². The highest BCUT2D eigenvalue weighted by molar-refractivity contribution is 9.10. The Balaban J connectivity index is 2.18. The standard InChI is InChI=1S/C14H15BrClNO/c1-9(2)17-8-11-4-6-14(18-11)12-5-3-10(15)7-13(12)16/h3-7,9,17H,8H2,1-2H3. The first-order valence-corrected chi connectivity index (χ1v) is 7.01. The summed E-state index contributed by atoms with van der Waals surface area (Å²) in [5, 5.41) is 4.00. The molecule has 18 heavy (non-hydrogen) atoms. The molecule has 0 fully saturated rings. The summed E-state index contributed by atoms with van der Waals surface area (Å²) in [6, 6.07) is 10.1. The maximum Gasteiger partial charge on any atom is 0.135 e. The zero-order chi connectivity index (χ0) is 13.1. The minimum Gasteiger partial charge on any atom is -0.460 e. The van der Waals surface area contributed by atoms with E-state index in [0.29, 0.717) is 11.1 Å². The van der Waals surface area contributed by atoms with Crippen LogP contribution in [0.4, 0.5) is 0 Å². The lowest BCUT2D eigenvalue weighted by molar-refractivity contribution is 0.473. The monoisotopic (exact) mass is 327 g/mol. The van der Waals surface area contributed by atoms with Gasteiger partial charge in [-0.3, -0.25) is 0 Å². The van der Waals surface area contributed by atoms with Crippen LogP contribution in [0.15, 0.2) is 39.2 Å². The van der Waals surface area contributed by atoms with Crippen molar-refractivity contribution >= 4 is 27.5 Å². The summed E-state index contributed by atoms with van der Waals surface area (Å²) in [6.45, 7) is 4.94. The maximum atomic E-state index is 6.20. The van der Waals surface area contributed by atoms with Crippen molar-refractivity contribution in [3.05, 3.63) is 45.6 Å². The normalized spacial score (nSPS) is 11.2. The molecule has 1 heterocycles. The summed E-state index contributed by atoms with van der Waals surface area (Å²) in [5.74, 6) is 1.71. The van der Waals surface area contributed by atoms with Gasteiger partial charge in [0.25, 0.3) is 0 Å². The smallest absolute Gasteiger partial charge is 0.135 e. The average Bonchev–Trinajstić information content (AvgIpc) is 2.75. The second-order valence-electron chi connectivity index (χ2n) is 4.43. The maximum absolute atomic E-state index is 6.20. The Morgan fingerprint density at radius 3 is 2.72 bits per heavy atom. The first kappa shape index (κ1) is 13.7. The molecule has 2 rings (SSSR count). The minimum absolute atomic E-state index is 0.440. The van der Waals surface area contributed by atoms with Gasteiger partial charge in [-0.2, -0.15) is 0 Å². The van der Waals surface area contributed by atoms with Gasteiger partial charge in [-0.15, -0.1) is 0 Å². The number of halogens is 2. The number of furan rings is 1. The van der Waals surface area contributed by atoms with Gasteiger partial charge in [-0.05, 0) is 30.3 Å². The van der Waals surface area contributed by atoms with Crippen LogP contribution in [0, 0.1) is 0 Å². The topological polar surface area (TPSA) is 25.2 Å². The lowest BCUT2D eigenvalue weighted by Crippen LogP contribution is -2.21. The Morgan fingerprint density at radius 1 is 1.28 bits per heavy atom. The molecule has 1 aromatic carbocycles. The largest absolute Gasteiger partial charge is 0.460 e. The third-order valence-corrected chi connectivity index (χ3v) is 3.35. The zero-order valence-electron chi connectivity index (χ0n) is 10.3. The van der Waals surface area contributed by atoms with Gasteiger partial charge in [0.2, 0.25) is 0 Å². The second kappa shape index (κ2) is 5.91. The molecule has 96 valence electrons. The summed E-state index contributed by atoms with van der Waals surface area (Å²) in [5.41, 5.74) is 0.913. The van der Waals surface area contributed by atoms with Crippen molar-refractivity contribution in [2.75, 3.05) is 0 Å². The Bertz CT molecular complexity index is 536. The molecule has 4 heteroatoms. The molecule has 0 aliphatic rings. The van der Waals surface area contributed by atoms with Crippen LogP contribution in [-0.4, -0.2) is 6.04 Å². The van der Waals surface area contributed by atoms with Crippen molar-refractivity contribution in [1.82, 2.24) is 5.32 Å². The highest BCUT2D eigenvalue weighted by atomic mass is 79.9. The van der Waals surface area contributed by atoms with Crippen LogP contribution in [0.2, 0.25) is 5.02 Å². The van der Waals surface area contributed by atoms with Crippen LogP contribution in [0.5, 0.6) is 0 Å². The molecular formula is C14H15BrClNO. The van der Waals surface area contributed by atoms with Crippen LogP contribution < -0.4 is 5.32 Å². The van der Waals surface area contributed by atoms with Crippen LogP contribution in [0.3, 0.4) is 0 Å². The lowest BCUT2D eigenvalue weighted by Gasteiger charge is -2.05. The Labute approximate surface area is 120 Å². The van der Waals surface area contributed by atoms with Crippen molar-refractivity contribution < 1.29 is 4.42 Å². The number of hydrogen-bond acceptors (Lipinski definition) is 2. The molecule has 0 atom stereocenters. The van der Waals surface area contributed by atoms with E-state index in [1.54, 1.807) is 0 Å². The van der Waals surface area contributed by atoms with Crippen molar-refractivity contribution in [3.8, 4) is 11.3 Å². The van der Waals surface area contributed by atoms with E-state index in [-0.39, 0.29) is 0 Å². The van der Waals surface area contributed by atoms with E-state index in [2.05, 4.69) is 35.1 Å². The van der Waals surface area contributed by atoms with E-state index >= 15 is 0 Å². The predicted molar refractivity (Wildman–Crippen MR) is 78.8 cm³/mol. The number of rotatable bonds is 4. The highest BCUT2D eigenvalue weighted by Gasteiger charge is 2.09. The number of nitrogens with one attached hydrogen (secondary N) is 1. The van der Waals surface area contributed by atoms with E-state index in [1.165, 1.54) is 0 Å². The van der Waals surface area contributed by atoms with E-state index < -0.39 is 0 Å². The fraction of sp³-hybridized carbons (Fsp3) is 0.286. The number of hydrogen-bond donors (Lipinski definition) is 1. The van der Waals surface area contributed by atoms with E-state index in [0.717, 1.165) is 28.1 Å². The van der Waals surface area contributed by atoms with Gasteiger partial charge in [0, 0.05) is 16.1 Å². The highest BCUT2D eigenvalue weighted by Crippen LogP contribution is 2.31. The van der Waals surface area contributed by atoms with E-state index in [1.807, 2.05) is 30.3 Å². The summed E-state index contributed by atoms with van der Waals surface area (Å²) < 4.78 is 6.74. The Morgan fingerprint density at radius 2 is 2.06 bits per heavy atom. The second-order valence-corrected chi connectivity index (χ2v) is 5.75. The molecule has 2 aromatic rings. The fourth-order valence-electron chi connectivity index (χ4n) is 1.61. The predicted octanol–water partition coefficient (Wildman–Crippen LogP) is 4.86. The molecule has 0 aliphatic heterocycles. The quantitative estimate of drug-likeness (QED) is 0.867. The van der Waals surface area contributed by atoms with Gasteiger partial charge in [-0.25, -0.2) is 0 Å². The molecule has 1 N–H and O–H groups in total. The molecule has 2 nitrogen and oxygen atoms in total. The van der Waals surface area contributed by atoms with E-state index in [4.69, 9.17) is 16.0 Å². The van der Waals surface area contributed by atoms with Crippen LogP contribution in [0.1, 0.15) is 19.6 Å². The van der Waals surface area contributed by atoms with E-state index in [9.17, 15) is 0 Å². The van der Waals surface area contributed by atoms with Crippen molar-refractivity contribution in [2.45, 2.75) is 26.4 Å². The van der Waals surface area contributed by atoms with Gasteiger partial charge in [0.05, 0.1) is 11.6 Å². The molecule has 0 radical (unpaired) electrons. The van der Waals surface area contributed by atoms with Gasteiger partial charge in [0.15, 0.2) is 0 Å². The van der Waals surface area contributed by atoms with Gasteiger partial charge in [-0.1, -0.05) is 41.4 Å². The van der Waals surface area contributed by atoms with Gasteiger partial charge in [0.1, 0.15) is 11.5 Å². The fourth-order valence-corrected chi connectivity index (χ4v) is 2.38. The van der Waals surface area contributed by atoms with Crippen molar-refractivity contribution in [3.63, 3.8) is 0 Å². The SMILES string of the molecule is CC(C)NCc1ccc(-c2ccc(Br)cc2Cl)o1. The molecule has 0 spiro atoms. The van der Waals surface area contributed by atoms with Crippen LogP contribution in [0.25, 0.3) is 11.3 Å². The van der Waals surface area contributed by atoms with Crippen molar-refractivity contribution in [2.24, 2.45) is 0 Å².